The second kappa shape index (κ2) is 6.83. The van der Waals surface area contributed by atoms with Crippen molar-refractivity contribution in [3.8, 4) is 0 Å². The van der Waals surface area contributed by atoms with Gasteiger partial charge in [0.2, 0.25) is 0 Å². The first-order valence-electron chi connectivity index (χ1n) is 10.9. The molecule has 4 nitrogen and oxygen atoms in total. The number of aliphatic hydroxyl groups excluding tert-OH is 1. The molecular weight excluding hydrogens is 352 g/mol. The Labute approximate surface area is 168 Å². The Morgan fingerprint density at radius 1 is 1.32 bits per heavy atom. The molecule has 28 heavy (non-hydrogen) atoms. The van der Waals surface area contributed by atoms with E-state index >= 15 is 0 Å². The van der Waals surface area contributed by atoms with Gasteiger partial charge in [-0.25, -0.2) is 0 Å². The molecule has 1 N–H and O–H groups in total. The number of esters is 1. The minimum Gasteiger partial charge on any atom is -0.462 e. The van der Waals surface area contributed by atoms with Crippen LogP contribution in [0.3, 0.4) is 0 Å². The quantitative estimate of drug-likeness (QED) is 0.570. The lowest BCUT2D eigenvalue weighted by Crippen LogP contribution is -2.57. The lowest BCUT2D eigenvalue weighted by molar-refractivity contribution is -0.139. The summed E-state index contributed by atoms with van der Waals surface area (Å²) in [6, 6.07) is 0. The highest BCUT2D eigenvalue weighted by Crippen LogP contribution is 2.67. The van der Waals surface area contributed by atoms with E-state index in [1.165, 1.54) is 18.1 Å². The highest BCUT2D eigenvalue weighted by molar-refractivity contribution is 5.91. The number of ketones is 1. The van der Waals surface area contributed by atoms with Gasteiger partial charge in [0.15, 0.2) is 5.78 Å². The van der Waals surface area contributed by atoms with E-state index in [9.17, 15) is 14.7 Å². The summed E-state index contributed by atoms with van der Waals surface area (Å²) in [7, 11) is 0. The molecule has 0 saturated heterocycles. The van der Waals surface area contributed by atoms with E-state index in [0.29, 0.717) is 30.8 Å². The predicted octanol–water partition coefficient (Wildman–Crippen LogP) is 4.22. The third-order valence-corrected chi connectivity index (χ3v) is 8.68. The van der Waals surface area contributed by atoms with Gasteiger partial charge in [0, 0.05) is 13.3 Å². The minimum atomic E-state index is -0.351. The second-order valence-corrected chi connectivity index (χ2v) is 10.2. The molecule has 0 heterocycles. The van der Waals surface area contributed by atoms with Crippen molar-refractivity contribution in [2.45, 2.75) is 72.3 Å². The van der Waals surface area contributed by atoms with Crippen molar-refractivity contribution in [1.29, 1.82) is 0 Å². The normalized spacial score (nSPS) is 46.5. The van der Waals surface area contributed by atoms with E-state index in [0.717, 1.165) is 32.1 Å². The highest BCUT2D eigenvalue weighted by atomic mass is 16.5. The maximum atomic E-state index is 12.1. The minimum absolute atomic E-state index is 0.0114. The van der Waals surface area contributed by atoms with Crippen molar-refractivity contribution in [1.82, 2.24) is 0 Å². The maximum absolute atomic E-state index is 12.1. The van der Waals surface area contributed by atoms with Gasteiger partial charge in [-0.2, -0.15) is 0 Å². The summed E-state index contributed by atoms with van der Waals surface area (Å²) in [5, 5.41) is 11.4. The zero-order valence-electron chi connectivity index (χ0n) is 17.7. The SMILES string of the molecule is CC(=O)OC/C=C1\CCC2C3CC(C)C4=CC(=O)CCC4(C)C3C(O)CC12C. The van der Waals surface area contributed by atoms with E-state index in [4.69, 9.17) is 4.74 Å². The number of ether oxygens (including phenoxy) is 1. The molecule has 154 valence electrons. The van der Waals surface area contributed by atoms with E-state index in [1.807, 2.05) is 6.08 Å². The first kappa shape index (κ1) is 19.9. The van der Waals surface area contributed by atoms with Gasteiger partial charge in [0.05, 0.1) is 6.10 Å². The molecule has 7 unspecified atom stereocenters. The van der Waals surface area contributed by atoms with E-state index < -0.39 is 0 Å². The highest BCUT2D eigenvalue weighted by Gasteiger charge is 2.61. The standard InChI is InChI=1S/C24H34O4/c1-14-11-18-19-6-5-16(8-10-28-15(2)25)24(19,4)13-21(27)22(18)23(3)9-7-17(26)12-20(14)23/h8,12,14,18-19,21-22,27H,5-7,9-11,13H2,1-4H3/b16-8+. The number of rotatable bonds is 2. The molecule has 4 heteroatoms. The van der Waals surface area contributed by atoms with Crippen molar-refractivity contribution in [3.05, 3.63) is 23.3 Å². The van der Waals surface area contributed by atoms with Crippen LogP contribution in [0.15, 0.2) is 23.3 Å². The predicted molar refractivity (Wildman–Crippen MR) is 107 cm³/mol. The summed E-state index contributed by atoms with van der Waals surface area (Å²) in [5.41, 5.74) is 2.58. The maximum Gasteiger partial charge on any atom is 0.302 e. The zero-order chi connectivity index (χ0) is 20.3. The summed E-state index contributed by atoms with van der Waals surface area (Å²) < 4.78 is 5.16. The number of hydrogen-bond donors (Lipinski definition) is 1. The van der Waals surface area contributed by atoms with Gasteiger partial charge in [-0.15, -0.1) is 0 Å². The molecule has 4 rings (SSSR count). The van der Waals surface area contributed by atoms with E-state index in [2.05, 4.69) is 26.8 Å². The van der Waals surface area contributed by atoms with Crippen LogP contribution in [0, 0.1) is 34.5 Å². The molecule has 3 fully saturated rings. The topological polar surface area (TPSA) is 63.6 Å². The van der Waals surface area contributed by atoms with Crippen LogP contribution in [0.2, 0.25) is 0 Å². The Bertz CT molecular complexity index is 750. The summed E-state index contributed by atoms with van der Waals surface area (Å²) >= 11 is 0. The fraction of sp³-hybridized carbons (Fsp3) is 0.750. The third-order valence-electron chi connectivity index (χ3n) is 8.68. The molecule has 7 atom stereocenters. The fourth-order valence-electron chi connectivity index (χ4n) is 7.56. The third kappa shape index (κ3) is 2.91. The van der Waals surface area contributed by atoms with E-state index in [-0.39, 0.29) is 34.6 Å². The van der Waals surface area contributed by atoms with Crippen LogP contribution < -0.4 is 0 Å². The average Bonchev–Trinajstić information content (AvgIpc) is 2.92. The molecule has 4 aliphatic carbocycles. The van der Waals surface area contributed by atoms with Crippen molar-refractivity contribution in [2.75, 3.05) is 6.61 Å². The van der Waals surface area contributed by atoms with E-state index in [1.54, 1.807) is 0 Å². The van der Waals surface area contributed by atoms with Gasteiger partial charge in [0.25, 0.3) is 0 Å². The summed E-state index contributed by atoms with van der Waals surface area (Å²) in [5.74, 6) is 1.69. The Hall–Kier alpha value is -1.42. The molecule has 0 radical (unpaired) electrons. The number of allylic oxidation sites excluding steroid dienone is 2. The summed E-state index contributed by atoms with van der Waals surface area (Å²) in [6.45, 7) is 8.66. The van der Waals surface area contributed by atoms with Crippen LogP contribution in [0.5, 0.6) is 0 Å². The lowest BCUT2D eigenvalue weighted by Gasteiger charge is -2.60. The van der Waals surface area contributed by atoms with Crippen LogP contribution in [0.4, 0.5) is 0 Å². The van der Waals surface area contributed by atoms with Gasteiger partial charge in [-0.05, 0) is 78.8 Å². The molecule has 3 saturated carbocycles. The van der Waals surface area contributed by atoms with Gasteiger partial charge >= 0.3 is 5.97 Å². The zero-order valence-corrected chi connectivity index (χ0v) is 17.7. The number of fused-ring (bicyclic) bond motifs is 5. The molecule has 4 aliphatic rings. The van der Waals surface area contributed by atoms with Gasteiger partial charge in [-0.3, -0.25) is 9.59 Å². The lowest BCUT2D eigenvalue weighted by atomic mass is 9.45. The average molecular weight is 387 g/mol. The van der Waals surface area contributed by atoms with Crippen molar-refractivity contribution < 1.29 is 19.4 Å². The largest absolute Gasteiger partial charge is 0.462 e. The van der Waals surface area contributed by atoms with Crippen LogP contribution in [0.1, 0.15) is 66.2 Å². The van der Waals surface area contributed by atoms with Crippen molar-refractivity contribution in [3.63, 3.8) is 0 Å². The Morgan fingerprint density at radius 3 is 2.79 bits per heavy atom. The Morgan fingerprint density at radius 2 is 2.07 bits per heavy atom. The van der Waals surface area contributed by atoms with Crippen molar-refractivity contribution in [2.24, 2.45) is 34.5 Å². The van der Waals surface area contributed by atoms with Crippen LogP contribution >= 0.6 is 0 Å². The molecular formula is C24H34O4. The summed E-state index contributed by atoms with van der Waals surface area (Å²) in [6.07, 6.45) is 9.15. The Balaban J connectivity index is 1.66. The number of aliphatic hydroxyl groups is 1. The second-order valence-electron chi connectivity index (χ2n) is 10.2. The fourth-order valence-corrected chi connectivity index (χ4v) is 7.56. The summed E-state index contributed by atoms with van der Waals surface area (Å²) in [4.78, 5) is 23.2. The first-order valence-corrected chi connectivity index (χ1v) is 10.9. The van der Waals surface area contributed by atoms with Gasteiger partial charge in [-0.1, -0.05) is 31.9 Å². The van der Waals surface area contributed by atoms with Gasteiger partial charge in [0.1, 0.15) is 6.61 Å². The molecule has 0 aromatic heterocycles. The molecule has 0 aromatic carbocycles. The molecule has 0 bridgehead atoms. The monoisotopic (exact) mass is 386 g/mol. The molecule has 0 amide bonds. The Kier molecular flexibility index (Phi) is 4.85. The molecule has 0 aliphatic heterocycles. The van der Waals surface area contributed by atoms with Crippen LogP contribution in [0.25, 0.3) is 0 Å². The molecule has 0 aromatic rings. The van der Waals surface area contributed by atoms with Crippen molar-refractivity contribution >= 4 is 11.8 Å². The first-order chi connectivity index (χ1) is 13.2. The molecule has 0 spiro atoms. The number of hydrogen-bond acceptors (Lipinski definition) is 4. The number of carbonyl (C=O) groups is 2. The van der Waals surface area contributed by atoms with Gasteiger partial charge < -0.3 is 9.84 Å². The number of carbonyl (C=O) groups excluding carboxylic acids is 2. The van der Waals surface area contributed by atoms with Crippen LogP contribution in [-0.4, -0.2) is 29.6 Å². The van der Waals surface area contributed by atoms with Crippen LogP contribution in [-0.2, 0) is 14.3 Å². The smallest absolute Gasteiger partial charge is 0.302 e.